The zero-order valence-corrected chi connectivity index (χ0v) is 8.09. The number of anilines is 1. The number of nitrogens with one attached hydrogen (secondary N) is 1. The molecular formula is C7H5Cl3FN. The van der Waals surface area contributed by atoms with Gasteiger partial charge in [-0.15, -0.1) is 4.48 Å². The van der Waals surface area contributed by atoms with Crippen molar-refractivity contribution in [2.24, 2.45) is 0 Å². The summed E-state index contributed by atoms with van der Waals surface area (Å²) in [6, 6.07) is 6.15. The average Bonchev–Trinajstić information content (AvgIpc) is 2.03. The van der Waals surface area contributed by atoms with Crippen molar-refractivity contribution in [3.8, 4) is 0 Å². The molecule has 0 fully saturated rings. The van der Waals surface area contributed by atoms with E-state index in [0.29, 0.717) is 5.56 Å². The maximum Gasteiger partial charge on any atom is 0.216 e. The third-order valence-electron chi connectivity index (χ3n) is 1.30. The van der Waals surface area contributed by atoms with Crippen molar-refractivity contribution in [3.05, 3.63) is 29.8 Å². The quantitative estimate of drug-likeness (QED) is 0.569. The molecule has 1 N–H and O–H groups in total. The molecule has 0 atom stereocenters. The van der Waals surface area contributed by atoms with Gasteiger partial charge in [0.15, 0.2) is 0 Å². The lowest BCUT2D eigenvalue weighted by atomic mass is 10.2. The molecule has 1 nitrogen and oxygen atoms in total. The Morgan fingerprint density at radius 1 is 1.25 bits per heavy atom. The summed E-state index contributed by atoms with van der Waals surface area (Å²) in [6.45, 7) is 0. The Bertz CT molecular complexity index is 272. The van der Waals surface area contributed by atoms with Crippen LogP contribution in [0.15, 0.2) is 24.3 Å². The summed E-state index contributed by atoms with van der Waals surface area (Å²) >= 11 is 16.7. The second kappa shape index (κ2) is 3.69. The molecule has 0 saturated carbocycles. The average molecular weight is 228 g/mol. The molecule has 0 bridgehead atoms. The normalized spacial score (nSPS) is 11.3. The minimum Gasteiger partial charge on any atom is -0.225 e. The summed E-state index contributed by atoms with van der Waals surface area (Å²) in [5.41, 5.74) is 2.15. The number of alkyl halides is 3. The van der Waals surface area contributed by atoms with Crippen LogP contribution in [0.2, 0.25) is 0 Å². The van der Waals surface area contributed by atoms with Crippen molar-refractivity contribution in [2.45, 2.75) is 3.79 Å². The van der Waals surface area contributed by atoms with Crippen LogP contribution in [0.3, 0.4) is 0 Å². The number of benzene rings is 1. The summed E-state index contributed by atoms with van der Waals surface area (Å²) in [4.78, 5) is 0. The molecule has 0 spiro atoms. The zero-order valence-electron chi connectivity index (χ0n) is 5.82. The Labute approximate surface area is 84.4 Å². The lowest BCUT2D eigenvalue weighted by Gasteiger charge is -2.11. The standard InChI is InChI=1S/C7H5Cl3FN/c8-7(9,10)5-2-1-3-6(4-5)12-11/h1-4,12H. The first-order chi connectivity index (χ1) is 5.54. The lowest BCUT2D eigenvalue weighted by Crippen LogP contribution is -1.99. The Kier molecular flexibility index (Phi) is 3.04. The highest BCUT2D eigenvalue weighted by molar-refractivity contribution is 6.66. The van der Waals surface area contributed by atoms with Crippen LogP contribution >= 0.6 is 34.8 Å². The second-order valence-electron chi connectivity index (χ2n) is 2.17. The first kappa shape index (κ1) is 9.90. The summed E-state index contributed by atoms with van der Waals surface area (Å²) in [7, 11) is 0. The molecule has 0 aliphatic rings. The van der Waals surface area contributed by atoms with Crippen LogP contribution in [0.25, 0.3) is 0 Å². The molecule has 0 amide bonds. The van der Waals surface area contributed by atoms with Crippen LogP contribution in [-0.2, 0) is 3.79 Å². The van der Waals surface area contributed by atoms with E-state index in [-0.39, 0.29) is 5.69 Å². The monoisotopic (exact) mass is 227 g/mol. The Hall–Kier alpha value is -0.180. The molecule has 0 saturated heterocycles. The van der Waals surface area contributed by atoms with Gasteiger partial charge in [-0.25, -0.2) is 5.54 Å². The van der Waals surface area contributed by atoms with Gasteiger partial charge in [0, 0.05) is 5.56 Å². The number of halogens is 4. The van der Waals surface area contributed by atoms with Crippen LogP contribution in [0, 0.1) is 0 Å². The molecule has 0 heterocycles. The van der Waals surface area contributed by atoms with Gasteiger partial charge >= 0.3 is 0 Å². The van der Waals surface area contributed by atoms with E-state index in [1.54, 1.807) is 12.1 Å². The molecule has 0 radical (unpaired) electrons. The number of hydrogen-bond acceptors (Lipinski definition) is 1. The van der Waals surface area contributed by atoms with Gasteiger partial charge in [0.25, 0.3) is 0 Å². The fraction of sp³-hybridized carbons (Fsp3) is 0.143. The highest BCUT2D eigenvalue weighted by Crippen LogP contribution is 2.38. The van der Waals surface area contributed by atoms with Crippen LogP contribution in [0.5, 0.6) is 0 Å². The summed E-state index contributed by atoms with van der Waals surface area (Å²) in [6.07, 6.45) is 0. The minimum atomic E-state index is -1.51. The van der Waals surface area contributed by atoms with E-state index < -0.39 is 3.79 Å². The van der Waals surface area contributed by atoms with Crippen molar-refractivity contribution in [2.75, 3.05) is 5.54 Å². The molecule has 12 heavy (non-hydrogen) atoms. The van der Waals surface area contributed by atoms with E-state index in [9.17, 15) is 4.48 Å². The van der Waals surface area contributed by atoms with Crippen LogP contribution in [0.1, 0.15) is 5.56 Å². The van der Waals surface area contributed by atoms with Gasteiger partial charge < -0.3 is 0 Å². The van der Waals surface area contributed by atoms with Gasteiger partial charge in [-0.2, -0.15) is 0 Å². The highest BCUT2D eigenvalue weighted by atomic mass is 35.6. The molecular weight excluding hydrogens is 223 g/mol. The molecule has 0 aromatic heterocycles. The highest BCUT2D eigenvalue weighted by Gasteiger charge is 2.22. The topological polar surface area (TPSA) is 12.0 Å². The van der Waals surface area contributed by atoms with Crippen molar-refractivity contribution < 1.29 is 4.48 Å². The largest absolute Gasteiger partial charge is 0.225 e. The van der Waals surface area contributed by atoms with Crippen LogP contribution < -0.4 is 5.54 Å². The molecule has 0 unspecified atom stereocenters. The van der Waals surface area contributed by atoms with Gasteiger partial charge in [0.05, 0.1) is 5.69 Å². The summed E-state index contributed by atoms with van der Waals surface area (Å²) in [5, 5.41) is 0. The fourth-order valence-electron chi connectivity index (χ4n) is 0.754. The second-order valence-corrected chi connectivity index (χ2v) is 4.45. The summed E-state index contributed by atoms with van der Waals surface area (Å²) in [5.74, 6) is 0. The van der Waals surface area contributed by atoms with Crippen LogP contribution in [0.4, 0.5) is 10.2 Å². The van der Waals surface area contributed by atoms with Gasteiger partial charge in [-0.05, 0) is 12.1 Å². The number of hydrogen-bond donors (Lipinski definition) is 1. The van der Waals surface area contributed by atoms with Gasteiger partial charge in [-0.3, -0.25) is 0 Å². The molecule has 66 valence electrons. The minimum absolute atomic E-state index is 0.263. The van der Waals surface area contributed by atoms with E-state index >= 15 is 0 Å². The van der Waals surface area contributed by atoms with Crippen molar-refractivity contribution in [3.63, 3.8) is 0 Å². The first-order valence-electron chi connectivity index (χ1n) is 3.08. The van der Waals surface area contributed by atoms with Crippen LogP contribution in [-0.4, -0.2) is 0 Å². The predicted molar refractivity (Wildman–Crippen MR) is 50.4 cm³/mol. The lowest BCUT2D eigenvalue weighted by molar-refractivity contribution is 0.617. The summed E-state index contributed by atoms with van der Waals surface area (Å²) < 4.78 is 10.4. The Morgan fingerprint density at radius 2 is 1.92 bits per heavy atom. The van der Waals surface area contributed by atoms with Gasteiger partial charge in [-0.1, -0.05) is 46.9 Å². The Morgan fingerprint density at radius 3 is 2.42 bits per heavy atom. The third kappa shape index (κ3) is 2.41. The number of rotatable bonds is 1. The van der Waals surface area contributed by atoms with Gasteiger partial charge in [0.1, 0.15) is 0 Å². The molecule has 1 aromatic rings. The van der Waals surface area contributed by atoms with E-state index in [2.05, 4.69) is 0 Å². The maximum absolute atomic E-state index is 11.9. The van der Waals surface area contributed by atoms with Crippen molar-refractivity contribution >= 4 is 40.5 Å². The molecule has 1 rings (SSSR count). The fourth-order valence-corrected chi connectivity index (χ4v) is 1.11. The van der Waals surface area contributed by atoms with Gasteiger partial charge in [0.2, 0.25) is 3.79 Å². The Balaban J connectivity index is 3.02. The van der Waals surface area contributed by atoms with E-state index in [1.165, 1.54) is 17.7 Å². The zero-order chi connectivity index (χ0) is 9.19. The van der Waals surface area contributed by atoms with E-state index in [1.807, 2.05) is 0 Å². The molecule has 0 aliphatic carbocycles. The maximum atomic E-state index is 11.9. The first-order valence-corrected chi connectivity index (χ1v) is 4.21. The molecule has 1 aromatic carbocycles. The van der Waals surface area contributed by atoms with Crippen molar-refractivity contribution in [1.82, 2.24) is 0 Å². The molecule has 5 heteroatoms. The van der Waals surface area contributed by atoms with E-state index in [4.69, 9.17) is 34.8 Å². The molecule has 0 aliphatic heterocycles. The SMILES string of the molecule is FNc1cccc(C(Cl)(Cl)Cl)c1. The predicted octanol–water partition coefficient (Wildman–Crippen LogP) is 3.81. The third-order valence-corrected chi connectivity index (χ3v) is 1.95. The smallest absolute Gasteiger partial charge is 0.216 e. The van der Waals surface area contributed by atoms with E-state index in [0.717, 1.165) is 0 Å². The van der Waals surface area contributed by atoms with Crippen molar-refractivity contribution in [1.29, 1.82) is 0 Å².